The van der Waals surface area contributed by atoms with Crippen LogP contribution in [0.25, 0.3) is 15.3 Å². The van der Waals surface area contributed by atoms with Gasteiger partial charge in [0.25, 0.3) is 5.56 Å². The number of hydrogen-bond acceptors (Lipinski definition) is 5. The van der Waals surface area contributed by atoms with Crippen LogP contribution >= 0.6 is 11.3 Å². The Morgan fingerprint density at radius 1 is 1.30 bits per heavy atom. The molecule has 0 spiro atoms. The lowest BCUT2D eigenvalue weighted by molar-refractivity contribution is 0.790. The van der Waals surface area contributed by atoms with Gasteiger partial charge in [-0.25, -0.2) is 9.97 Å². The number of aromatic amines is 2. The van der Waals surface area contributed by atoms with Crippen molar-refractivity contribution in [2.24, 2.45) is 4.99 Å². The molecule has 27 heavy (non-hydrogen) atoms. The summed E-state index contributed by atoms with van der Waals surface area (Å²) in [5, 5.41) is 3.88. The lowest BCUT2D eigenvalue weighted by Gasteiger charge is -1.96. The second-order valence-electron chi connectivity index (χ2n) is 6.22. The minimum atomic E-state index is -0.109. The van der Waals surface area contributed by atoms with E-state index in [0.717, 1.165) is 40.9 Å². The number of aromatic nitrogens is 5. The van der Waals surface area contributed by atoms with Crippen molar-refractivity contribution >= 4 is 27.8 Å². The van der Waals surface area contributed by atoms with Gasteiger partial charge in [-0.15, -0.1) is 0 Å². The Morgan fingerprint density at radius 3 is 2.96 bits per heavy atom. The van der Waals surface area contributed by atoms with Gasteiger partial charge in [0.15, 0.2) is 0 Å². The molecule has 4 aromatic rings. The summed E-state index contributed by atoms with van der Waals surface area (Å²) in [7, 11) is 0. The number of para-hydroxylation sites is 1. The van der Waals surface area contributed by atoms with Crippen LogP contribution in [0.15, 0.2) is 46.6 Å². The number of rotatable bonds is 7. The van der Waals surface area contributed by atoms with E-state index in [0.29, 0.717) is 17.2 Å². The van der Waals surface area contributed by atoms with Gasteiger partial charge in [0.05, 0.1) is 22.1 Å². The molecule has 0 bridgehead atoms. The molecule has 0 atom stereocenters. The Bertz CT molecular complexity index is 1090. The minimum absolute atomic E-state index is 0.109. The molecule has 3 aromatic heterocycles. The summed E-state index contributed by atoms with van der Waals surface area (Å²) in [5.74, 6) is 0. The number of benzene rings is 1. The van der Waals surface area contributed by atoms with Crippen LogP contribution < -0.4 is 5.56 Å². The highest BCUT2D eigenvalue weighted by Gasteiger charge is 2.15. The maximum Gasteiger partial charge on any atom is 0.282 e. The topological polar surface area (TPSA) is 91.7 Å². The predicted molar refractivity (Wildman–Crippen MR) is 108 cm³/mol. The average molecular weight is 380 g/mol. The highest BCUT2D eigenvalue weighted by molar-refractivity contribution is 7.20. The van der Waals surface area contributed by atoms with Crippen LogP contribution in [0.4, 0.5) is 0 Å². The minimum Gasteiger partial charge on any atom is -0.348 e. The molecule has 2 N–H and O–H groups in total. The number of aliphatic imine (C=N–C) groups is 1. The Balaban J connectivity index is 1.63. The number of thiazole rings is 1. The Morgan fingerprint density at radius 2 is 2.19 bits per heavy atom. The molecule has 7 nitrogen and oxygen atoms in total. The zero-order valence-corrected chi connectivity index (χ0v) is 15.8. The third kappa shape index (κ3) is 3.61. The second-order valence-corrected chi connectivity index (χ2v) is 7.23. The van der Waals surface area contributed by atoms with Gasteiger partial charge in [-0.1, -0.05) is 36.8 Å². The first kappa shape index (κ1) is 17.4. The van der Waals surface area contributed by atoms with Crippen molar-refractivity contribution < 1.29 is 0 Å². The Labute approximate surface area is 159 Å². The number of aryl methyl sites for hydroxylation is 1. The van der Waals surface area contributed by atoms with Crippen molar-refractivity contribution in [1.29, 1.82) is 0 Å². The fourth-order valence-electron chi connectivity index (χ4n) is 2.92. The SMILES string of the molecule is CCCc1[nH]n(-c2nc3ccccc3s2)c(=O)c1C=NCCc1cnc[nH]1. The smallest absolute Gasteiger partial charge is 0.282 e. The van der Waals surface area contributed by atoms with E-state index in [2.05, 4.69) is 32.0 Å². The summed E-state index contributed by atoms with van der Waals surface area (Å²) in [6, 6.07) is 7.88. The average Bonchev–Trinajstić information content (AvgIpc) is 3.39. The molecular formula is C19H20N6OS. The number of hydrogen-bond donors (Lipinski definition) is 2. The third-order valence-corrected chi connectivity index (χ3v) is 5.29. The first-order chi connectivity index (χ1) is 13.3. The highest BCUT2D eigenvalue weighted by atomic mass is 32.1. The fraction of sp³-hybridized carbons (Fsp3) is 0.263. The monoisotopic (exact) mass is 380 g/mol. The molecule has 0 aliphatic rings. The van der Waals surface area contributed by atoms with Crippen molar-refractivity contribution in [2.45, 2.75) is 26.2 Å². The van der Waals surface area contributed by atoms with Gasteiger partial charge in [-0.3, -0.25) is 14.9 Å². The first-order valence-corrected chi connectivity index (χ1v) is 9.75. The molecule has 0 saturated heterocycles. The third-order valence-electron chi connectivity index (χ3n) is 4.26. The highest BCUT2D eigenvalue weighted by Crippen LogP contribution is 2.23. The lowest BCUT2D eigenvalue weighted by atomic mass is 10.2. The van der Waals surface area contributed by atoms with Gasteiger partial charge in [-0.2, -0.15) is 4.68 Å². The van der Waals surface area contributed by atoms with Gasteiger partial charge in [0.1, 0.15) is 0 Å². The van der Waals surface area contributed by atoms with E-state index in [4.69, 9.17) is 0 Å². The van der Waals surface area contributed by atoms with Crippen LogP contribution in [0, 0.1) is 0 Å². The van der Waals surface area contributed by atoms with E-state index in [9.17, 15) is 4.79 Å². The quantitative estimate of drug-likeness (QED) is 0.483. The molecule has 0 saturated carbocycles. The largest absolute Gasteiger partial charge is 0.348 e. The Hall–Kier alpha value is -3.00. The molecule has 0 aliphatic heterocycles. The molecule has 8 heteroatoms. The van der Waals surface area contributed by atoms with Crippen molar-refractivity contribution in [3.8, 4) is 5.13 Å². The van der Waals surface area contributed by atoms with Crippen LogP contribution in [0.5, 0.6) is 0 Å². The summed E-state index contributed by atoms with van der Waals surface area (Å²) >= 11 is 1.50. The van der Waals surface area contributed by atoms with Crippen molar-refractivity contribution in [3.63, 3.8) is 0 Å². The second kappa shape index (κ2) is 7.71. The summed E-state index contributed by atoms with van der Waals surface area (Å²) < 4.78 is 2.59. The van der Waals surface area contributed by atoms with Crippen LogP contribution in [0.3, 0.4) is 0 Å². The van der Waals surface area contributed by atoms with Gasteiger partial charge >= 0.3 is 0 Å². The number of H-pyrrole nitrogens is 2. The van der Waals surface area contributed by atoms with Crippen LogP contribution in [-0.4, -0.2) is 37.5 Å². The molecule has 0 radical (unpaired) electrons. The zero-order chi connectivity index (χ0) is 18.6. The molecular weight excluding hydrogens is 360 g/mol. The number of nitrogens with zero attached hydrogens (tertiary/aromatic N) is 4. The maximum atomic E-state index is 13.0. The van der Waals surface area contributed by atoms with Gasteiger partial charge in [-0.05, 0) is 18.6 Å². The summed E-state index contributed by atoms with van der Waals surface area (Å²) in [5.41, 5.74) is 3.32. The van der Waals surface area contributed by atoms with E-state index in [1.165, 1.54) is 16.0 Å². The summed E-state index contributed by atoms with van der Waals surface area (Å²) in [4.78, 5) is 29.0. The van der Waals surface area contributed by atoms with Crippen molar-refractivity contribution in [3.05, 3.63) is 64.1 Å². The number of imidazole rings is 1. The van der Waals surface area contributed by atoms with Gasteiger partial charge < -0.3 is 4.98 Å². The lowest BCUT2D eigenvalue weighted by Crippen LogP contribution is -2.17. The van der Waals surface area contributed by atoms with E-state index in [-0.39, 0.29) is 5.56 Å². The maximum absolute atomic E-state index is 13.0. The molecule has 0 aliphatic carbocycles. The van der Waals surface area contributed by atoms with E-state index in [1.54, 1.807) is 18.7 Å². The molecule has 0 unspecified atom stereocenters. The Kier molecular flexibility index (Phi) is 4.97. The van der Waals surface area contributed by atoms with Crippen molar-refractivity contribution in [2.75, 3.05) is 6.54 Å². The van der Waals surface area contributed by atoms with Crippen molar-refractivity contribution in [1.82, 2.24) is 24.7 Å². The van der Waals surface area contributed by atoms with Crippen LogP contribution in [0.1, 0.15) is 30.3 Å². The molecule has 4 rings (SSSR count). The predicted octanol–water partition coefficient (Wildman–Crippen LogP) is 3.11. The fourth-order valence-corrected chi connectivity index (χ4v) is 3.85. The van der Waals surface area contributed by atoms with Gasteiger partial charge in [0.2, 0.25) is 5.13 Å². The standard InChI is InChI=1S/C19H20N6OS/c1-2-5-15-14(11-20-9-8-13-10-21-12-22-13)18(26)25(24-15)19-23-16-6-3-4-7-17(16)27-19/h3-4,6-7,10-12,24H,2,5,8-9H2,1H3,(H,21,22). The molecule has 138 valence electrons. The van der Waals surface area contributed by atoms with E-state index < -0.39 is 0 Å². The molecule has 1 aromatic carbocycles. The first-order valence-electron chi connectivity index (χ1n) is 8.93. The van der Waals surface area contributed by atoms with Crippen LogP contribution in [0.2, 0.25) is 0 Å². The molecule has 0 amide bonds. The molecule has 0 fully saturated rings. The van der Waals surface area contributed by atoms with E-state index in [1.807, 2.05) is 24.3 Å². The normalized spacial score (nSPS) is 11.7. The zero-order valence-electron chi connectivity index (χ0n) is 15.0. The summed E-state index contributed by atoms with van der Waals surface area (Å²) in [6.45, 7) is 2.69. The van der Waals surface area contributed by atoms with Crippen LogP contribution in [-0.2, 0) is 12.8 Å². The number of nitrogens with one attached hydrogen (secondary N) is 2. The summed E-state index contributed by atoms with van der Waals surface area (Å²) in [6.07, 6.45) is 7.61. The van der Waals surface area contributed by atoms with Gasteiger partial charge in [0, 0.05) is 36.8 Å². The van der Waals surface area contributed by atoms with E-state index >= 15 is 0 Å². The number of fused-ring (bicyclic) bond motifs is 1. The molecule has 3 heterocycles.